The van der Waals surface area contributed by atoms with Crippen LogP contribution in [0.2, 0.25) is 0 Å². The second-order valence-electron chi connectivity index (χ2n) is 5.89. The summed E-state index contributed by atoms with van der Waals surface area (Å²) in [4.78, 5) is 11.9. The van der Waals surface area contributed by atoms with Crippen LogP contribution in [0.4, 0.5) is 0 Å². The van der Waals surface area contributed by atoms with Crippen molar-refractivity contribution in [3.05, 3.63) is 35.4 Å². The molecular weight excluding hydrogens is 262 g/mol. The van der Waals surface area contributed by atoms with Gasteiger partial charge in [-0.3, -0.25) is 4.79 Å². The fraction of sp³-hybridized carbons (Fsp3) is 0.611. The molecular formula is C18H29NO2. The fourth-order valence-corrected chi connectivity index (χ4v) is 2.86. The van der Waals surface area contributed by atoms with Crippen molar-refractivity contribution in [2.24, 2.45) is 5.73 Å². The lowest BCUT2D eigenvalue weighted by atomic mass is 9.86. The molecule has 3 heteroatoms. The monoisotopic (exact) mass is 291 g/mol. The van der Waals surface area contributed by atoms with Crippen molar-refractivity contribution in [3.8, 4) is 0 Å². The minimum Gasteiger partial charge on any atom is -0.390 e. The highest BCUT2D eigenvalue weighted by atomic mass is 16.3. The Morgan fingerprint density at radius 2 is 1.86 bits per heavy atom. The lowest BCUT2D eigenvalue weighted by Gasteiger charge is -2.27. The maximum absolute atomic E-state index is 11.9. The zero-order valence-corrected chi connectivity index (χ0v) is 13.4. The van der Waals surface area contributed by atoms with Crippen LogP contribution in [0.5, 0.6) is 0 Å². The molecule has 0 bridgehead atoms. The molecule has 0 unspecified atom stereocenters. The van der Waals surface area contributed by atoms with E-state index >= 15 is 0 Å². The normalized spacial score (nSPS) is 11.6. The first-order valence-corrected chi connectivity index (χ1v) is 8.09. The SMILES string of the molecule is CCCC(O)(CCC)CCc1cccc(C(=O)CCN)c1. The predicted molar refractivity (Wildman–Crippen MR) is 87.5 cm³/mol. The van der Waals surface area contributed by atoms with E-state index in [9.17, 15) is 9.90 Å². The summed E-state index contributed by atoms with van der Waals surface area (Å²) in [7, 11) is 0. The van der Waals surface area contributed by atoms with Gasteiger partial charge in [0.25, 0.3) is 0 Å². The van der Waals surface area contributed by atoms with Crippen LogP contribution in [-0.4, -0.2) is 23.0 Å². The predicted octanol–water partition coefficient (Wildman–Crippen LogP) is 3.48. The van der Waals surface area contributed by atoms with Gasteiger partial charge in [0.2, 0.25) is 0 Å². The number of aliphatic hydroxyl groups is 1. The molecule has 1 aromatic rings. The van der Waals surface area contributed by atoms with Gasteiger partial charge in [-0.15, -0.1) is 0 Å². The van der Waals surface area contributed by atoms with E-state index in [4.69, 9.17) is 5.73 Å². The van der Waals surface area contributed by atoms with Crippen molar-refractivity contribution < 1.29 is 9.90 Å². The Kier molecular flexibility index (Phi) is 7.62. The van der Waals surface area contributed by atoms with E-state index in [2.05, 4.69) is 13.8 Å². The number of Topliss-reactive ketones (excluding diaryl/α,β-unsaturated/α-hetero) is 1. The highest BCUT2D eigenvalue weighted by molar-refractivity contribution is 5.96. The molecule has 0 amide bonds. The van der Waals surface area contributed by atoms with E-state index in [1.54, 1.807) is 0 Å². The van der Waals surface area contributed by atoms with Crippen LogP contribution in [0.3, 0.4) is 0 Å². The number of aryl methyl sites for hydroxylation is 1. The quantitative estimate of drug-likeness (QED) is 0.649. The van der Waals surface area contributed by atoms with Crippen LogP contribution in [0, 0.1) is 0 Å². The molecule has 0 aliphatic carbocycles. The Bertz CT molecular complexity index is 437. The van der Waals surface area contributed by atoms with E-state index < -0.39 is 5.60 Å². The van der Waals surface area contributed by atoms with Crippen LogP contribution in [0.15, 0.2) is 24.3 Å². The van der Waals surface area contributed by atoms with Crippen LogP contribution in [0.1, 0.15) is 68.3 Å². The van der Waals surface area contributed by atoms with Gasteiger partial charge in [0, 0.05) is 12.0 Å². The smallest absolute Gasteiger partial charge is 0.164 e. The van der Waals surface area contributed by atoms with Crippen molar-refractivity contribution in [2.45, 2.75) is 64.4 Å². The number of hydrogen-bond acceptors (Lipinski definition) is 3. The summed E-state index contributed by atoms with van der Waals surface area (Å²) in [5.41, 5.74) is 6.71. The Balaban J connectivity index is 2.70. The van der Waals surface area contributed by atoms with E-state index in [0.29, 0.717) is 13.0 Å². The number of carbonyl (C=O) groups excluding carboxylic acids is 1. The highest BCUT2D eigenvalue weighted by Gasteiger charge is 2.24. The van der Waals surface area contributed by atoms with Gasteiger partial charge in [-0.1, -0.05) is 44.9 Å². The van der Waals surface area contributed by atoms with Crippen LogP contribution < -0.4 is 5.73 Å². The molecule has 118 valence electrons. The first-order chi connectivity index (χ1) is 10.0. The van der Waals surface area contributed by atoms with Crippen molar-refractivity contribution >= 4 is 5.78 Å². The molecule has 0 spiro atoms. The van der Waals surface area contributed by atoms with E-state index in [-0.39, 0.29) is 5.78 Å². The maximum atomic E-state index is 11.9. The van der Waals surface area contributed by atoms with E-state index in [1.807, 2.05) is 24.3 Å². The van der Waals surface area contributed by atoms with E-state index in [1.165, 1.54) is 0 Å². The minimum absolute atomic E-state index is 0.0942. The second-order valence-corrected chi connectivity index (χ2v) is 5.89. The Labute approximate surface area is 128 Å². The molecule has 0 heterocycles. The Morgan fingerprint density at radius 1 is 1.19 bits per heavy atom. The van der Waals surface area contributed by atoms with E-state index in [0.717, 1.165) is 49.7 Å². The summed E-state index contributed by atoms with van der Waals surface area (Å²) in [6.45, 7) is 4.59. The molecule has 3 N–H and O–H groups in total. The zero-order valence-electron chi connectivity index (χ0n) is 13.4. The molecule has 0 fully saturated rings. The third kappa shape index (κ3) is 5.98. The van der Waals surface area contributed by atoms with Gasteiger partial charge in [0.05, 0.1) is 5.60 Å². The number of rotatable bonds is 10. The molecule has 3 nitrogen and oxygen atoms in total. The van der Waals surface area contributed by atoms with Crippen LogP contribution in [0.25, 0.3) is 0 Å². The van der Waals surface area contributed by atoms with Gasteiger partial charge in [-0.25, -0.2) is 0 Å². The third-order valence-electron chi connectivity index (χ3n) is 3.93. The molecule has 0 aliphatic heterocycles. The molecule has 1 rings (SSSR count). The van der Waals surface area contributed by atoms with Crippen LogP contribution >= 0.6 is 0 Å². The second kappa shape index (κ2) is 8.96. The average Bonchev–Trinajstić information content (AvgIpc) is 2.46. The Hall–Kier alpha value is -1.19. The summed E-state index contributed by atoms with van der Waals surface area (Å²) in [6, 6.07) is 7.72. The Morgan fingerprint density at radius 3 is 2.43 bits per heavy atom. The summed E-state index contributed by atoms with van der Waals surface area (Å²) < 4.78 is 0. The molecule has 0 saturated heterocycles. The highest BCUT2D eigenvalue weighted by Crippen LogP contribution is 2.25. The van der Waals surface area contributed by atoms with Gasteiger partial charge in [0.1, 0.15) is 0 Å². The first-order valence-electron chi connectivity index (χ1n) is 8.09. The van der Waals surface area contributed by atoms with Crippen LogP contribution in [-0.2, 0) is 6.42 Å². The molecule has 0 radical (unpaired) electrons. The summed E-state index contributed by atoms with van der Waals surface area (Å²) in [6.07, 6.45) is 5.61. The van der Waals surface area contributed by atoms with Crippen molar-refractivity contribution in [1.82, 2.24) is 0 Å². The number of hydrogen-bond donors (Lipinski definition) is 2. The zero-order chi connectivity index (χ0) is 15.7. The number of carbonyl (C=O) groups is 1. The molecule has 1 aromatic carbocycles. The lowest BCUT2D eigenvalue weighted by molar-refractivity contribution is 0.0132. The van der Waals surface area contributed by atoms with Gasteiger partial charge in [0.15, 0.2) is 5.78 Å². The topological polar surface area (TPSA) is 63.3 Å². The maximum Gasteiger partial charge on any atom is 0.164 e. The number of benzene rings is 1. The largest absolute Gasteiger partial charge is 0.390 e. The summed E-state index contributed by atoms with van der Waals surface area (Å²) in [5, 5.41) is 10.7. The average molecular weight is 291 g/mol. The molecule has 0 saturated carbocycles. The molecule has 0 aromatic heterocycles. The number of nitrogens with two attached hydrogens (primary N) is 1. The molecule has 0 atom stereocenters. The van der Waals surface area contributed by atoms with Crippen molar-refractivity contribution in [1.29, 1.82) is 0 Å². The lowest BCUT2D eigenvalue weighted by Crippen LogP contribution is -2.28. The minimum atomic E-state index is -0.569. The molecule has 21 heavy (non-hydrogen) atoms. The van der Waals surface area contributed by atoms with Gasteiger partial charge in [-0.05, 0) is 43.9 Å². The van der Waals surface area contributed by atoms with Crippen molar-refractivity contribution in [2.75, 3.05) is 6.54 Å². The van der Waals surface area contributed by atoms with Gasteiger partial charge < -0.3 is 10.8 Å². The first kappa shape index (κ1) is 17.9. The van der Waals surface area contributed by atoms with Crippen molar-refractivity contribution in [3.63, 3.8) is 0 Å². The molecule has 0 aliphatic rings. The third-order valence-corrected chi connectivity index (χ3v) is 3.93. The number of ketones is 1. The fourth-order valence-electron chi connectivity index (χ4n) is 2.86. The summed E-state index contributed by atoms with van der Waals surface area (Å²) >= 11 is 0. The summed E-state index contributed by atoms with van der Waals surface area (Å²) in [5.74, 6) is 0.0942. The standard InChI is InChI=1S/C18H29NO2/c1-3-10-18(21,11-4-2)12-8-15-6-5-7-16(14-15)17(20)9-13-19/h5-7,14,21H,3-4,8-13,19H2,1-2H3. The van der Waals surface area contributed by atoms with Gasteiger partial charge >= 0.3 is 0 Å². The van der Waals surface area contributed by atoms with Gasteiger partial charge in [-0.2, -0.15) is 0 Å².